The Hall–Kier alpha value is -2.01. The lowest BCUT2D eigenvalue weighted by atomic mass is 10.1. The molecule has 0 fully saturated rings. The average Bonchev–Trinajstić information content (AvgIpc) is 2.45. The van der Waals surface area contributed by atoms with Crippen LogP contribution in [0.5, 0.6) is 0 Å². The van der Waals surface area contributed by atoms with Crippen LogP contribution in [0.15, 0.2) is 48.5 Å². The number of anilines is 2. The molecule has 0 radical (unpaired) electrons. The predicted octanol–water partition coefficient (Wildman–Crippen LogP) is 3.23. The largest absolute Gasteiger partial charge is 0.379 e. The van der Waals surface area contributed by atoms with Gasteiger partial charge in [0.15, 0.2) is 0 Å². The van der Waals surface area contributed by atoms with E-state index in [0.717, 1.165) is 23.9 Å². The maximum absolute atomic E-state index is 11.4. The molecule has 2 rings (SSSR count). The van der Waals surface area contributed by atoms with Gasteiger partial charge in [0, 0.05) is 6.54 Å². The lowest BCUT2D eigenvalue weighted by Crippen LogP contribution is -2.11. The quantitative estimate of drug-likeness (QED) is 0.861. The second-order valence-electron chi connectivity index (χ2n) is 4.94. The van der Waals surface area contributed by atoms with Gasteiger partial charge in [-0.3, -0.25) is 4.72 Å². The van der Waals surface area contributed by atoms with Crippen LogP contribution in [-0.2, 0) is 23.0 Å². The molecule has 2 aromatic rings. The SMILES string of the molecule is CCc1ccc(CNc2ccccc2NS(C)(=O)=O)cc1. The van der Waals surface area contributed by atoms with Crippen LogP contribution in [0.2, 0.25) is 0 Å². The van der Waals surface area contributed by atoms with Crippen molar-refractivity contribution in [2.24, 2.45) is 0 Å². The number of benzene rings is 2. The van der Waals surface area contributed by atoms with Crippen LogP contribution in [0, 0.1) is 0 Å². The number of hydrogen-bond acceptors (Lipinski definition) is 3. The zero-order chi connectivity index (χ0) is 15.3. The summed E-state index contributed by atoms with van der Waals surface area (Å²) in [5.74, 6) is 0. The minimum atomic E-state index is -3.28. The van der Waals surface area contributed by atoms with E-state index < -0.39 is 10.0 Å². The summed E-state index contributed by atoms with van der Waals surface area (Å²) in [6.45, 7) is 2.77. The van der Waals surface area contributed by atoms with E-state index in [9.17, 15) is 8.42 Å². The van der Waals surface area contributed by atoms with Gasteiger partial charge >= 0.3 is 0 Å². The fourth-order valence-corrected chi connectivity index (χ4v) is 2.59. The molecule has 0 saturated heterocycles. The van der Waals surface area contributed by atoms with Crippen LogP contribution in [0.4, 0.5) is 11.4 Å². The summed E-state index contributed by atoms with van der Waals surface area (Å²) in [4.78, 5) is 0. The minimum Gasteiger partial charge on any atom is -0.379 e. The van der Waals surface area contributed by atoms with Crippen molar-refractivity contribution in [2.45, 2.75) is 19.9 Å². The summed E-state index contributed by atoms with van der Waals surface area (Å²) in [6.07, 6.45) is 2.17. The Kier molecular flexibility index (Phi) is 4.85. The Bertz CT molecular complexity index is 694. The molecule has 2 N–H and O–H groups in total. The molecule has 0 aliphatic rings. The molecule has 0 atom stereocenters. The average molecular weight is 304 g/mol. The third-order valence-corrected chi connectivity index (χ3v) is 3.73. The third kappa shape index (κ3) is 4.79. The zero-order valence-electron chi connectivity index (χ0n) is 12.3. The molecular weight excluding hydrogens is 284 g/mol. The Morgan fingerprint density at radius 2 is 1.48 bits per heavy atom. The van der Waals surface area contributed by atoms with E-state index in [4.69, 9.17) is 0 Å². The van der Waals surface area contributed by atoms with Gasteiger partial charge in [0.05, 0.1) is 17.6 Å². The molecule has 0 heterocycles. The van der Waals surface area contributed by atoms with Crippen molar-refractivity contribution < 1.29 is 8.42 Å². The molecule has 112 valence electrons. The van der Waals surface area contributed by atoms with E-state index in [-0.39, 0.29) is 0 Å². The number of sulfonamides is 1. The zero-order valence-corrected chi connectivity index (χ0v) is 13.1. The summed E-state index contributed by atoms with van der Waals surface area (Å²) in [5.41, 5.74) is 3.78. The van der Waals surface area contributed by atoms with E-state index in [1.54, 1.807) is 12.1 Å². The van der Waals surface area contributed by atoms with Crippen molar-refractivity contribution in [1.29, 1.82) is 0 Å². The number of aryl methyl sites for hydroxylation is 1. The maximum atomic E-state index is 11.4. The number of rotatable bonds is 6. The highest BCUT2D eigenvalue weighted by Gasteiger charge is 2.06. The predicted molar refractivity (Wildman–Crippen MR) is 88.1 cm³/mol. The normalized spacial score (nSPS) is 11.1. The van der Waals surface area contributed by atoms with Crippen LogP contribution in [0.1, 0.15) is 18.1 Å². The van der Waals surface area contributed by atoms with Crippen molar-refractivity contribution in [2.75, 3.05) is 16.3 Å². The molecule has 0 spiro atoms. The van der Waals surface area contributed by atoms with Gasteiger partial charge in [0.25, 0.3) is 0 Å². The summed E-state index contributed by atoms with van der Waals surface area (Å²) in [6, 6.07) is 15.6. The first-order valence-corrected chi connectivity index (χ1v) is 8.75. The molecule has 0 amide bonds. The number of para-hydroxylation sites is 2. The Morgan fingerprint density at radius 3 is 2.05 bits per heavy atom. The molecule has 2 aromatic carbocycles. The maximum Gasteiger partial charge on any atom is 0.229 e. The second kappa shape index (κ2) is 6.63. The third-order valence-electron chi connectivity index (χ3n) is 3.14. The lowest BCUT2D eigenvalue weighted by Gasteiger charge is -2.13. The highest BCUT2D eigenvalue weighted by atomic mass is 32.2. The van der Waals surface area contributed by atoms with Crippen molar-refractivity contribution >= 4 is 21.4 Å². The highest BCUT2D eigenvalue weighted by Crippen LogP contribution is 2.22. The second-order valence-corrected chi connectivity index (χ2v) is 6.69. The fraction of sp³-hybridized carbons (Fsp3) is 0.250. The van der Waals surface area contributed by atoms with Gasteiger partial charge in [-0.1, -0.05) is 43.3 Å². The molecule has 0 unspecified atom stereocenters. The lowest BCUT2D eigenvalue weighted by molar-refractivity contribution is 0.607. The van der Waals surface area contributed by atoms with E-state index in [1.807, 2.05) is 12.1 Å². The van der Waals surface area contributed by atoms with Crippen molar-refractivity contribution in [3.05, 3.63) is 59.7 Å². The van der Waals surface area contributed by atoms with E-state index in [2.05, 4.69) is 41.2 Å². The molecule has 0 aliphatic carbocycles. The van der Waals surface area contributed by atoms with Gasteiger partial charge in [-0.05, 0) is 29.7 Å². The van der Waals surface area contributed by atoms with Crippen LogP contribution in [0.25, 0.3) is 0 Å². The monoisotopic (exact) mass is 304 g/mol. The molecule has 5 heteroatoms. The molecule has 0 aliphatic heterocycles. The van der Waals surface area contributed by atoms with E-state index >= 15 is 0 Å². The first-order valence-electron chi connectivity index (χ1n) is 6.86. The highest BCUT2D eigenvalue weighted by molar-refractivity contribution is 7.92. The summed E-state index contributed by atoms with van der Waals surface area (Å²) < 4.78 is 25.2. The standard InChI is InChI=1S/C16H20N2O2S/c1-3-13-8-10-14(11-9-13)12-17-15-6-4-5-7-16(15)18-21(2,19)20/h4-11,17-18H,3,12H2,1-2H3. The fourth-order valence-electron chi connectivity index (χ4n) is 2.02. The van der Waals surface area contributed by atoms with Gasteiger partial charge in [0.1, 0.15) is 0 Å². The molecular formula is C16H20N2O2S. The van der Waals surface area contributed by atoms with Crippen molar-refractivity contribution in [1.82, 2.24) is 0 Å². The van der Waals surface area contributed by atoms with Gasteiger partial charge in [-0.2, -0.15) is 0 Å². The molecule has 0 bridgehead atoms. The Balaban J connectivity index is 2.08. The van der Waals surface area contributed by atoms with Crippen molar-refractivity contribution in [3.8, 4) is 0 Å². The van der Waals surface area contributed by atoms with Crippen LogP contribution in [-0.4, -0.2) is 14.7 Å². The van der Waals surface area contributed by atoms with Gasteiger partial charge in [-0.15, -0.1) is 0 Å². The summed E-state index contributed by atoms with van der Waals surface area (Å²) in [7, 11) is -3.28. The van der Waals surface area contributed by atoms with Crippen molar-refractivity contribution in [3.63, 3.8) is 0 Å². The van der Waals surface area contributed by atoms with Gasteiger partial charge < -0.3 is 5.32 Å². The molecule has 4 nitrogen and oxygen atoms in total. The van der Waals surface area contributed by atoms with E-state index in [1.165, 1.54) is 5.56 Å². The van der Waals surface area contributed by atoms with E-state index in [0.29, 0.717) is 12.2 Å². The van der Waals surface area contributed by atoms with Crippen LogP contribution >= 0.6 is 0 Å². The van der Waals surface area contributed by atoms with Crippen LogP contribution < -0.4 is 10.0 Å². The van der Waals surface area contributed by atoms with Crippen LogP contribution in [0.3, 0.4) is 0 Å². The Morgan fingerprint density at radius 1 is 0.905 bits per heavy atom. The summed E-state index contributed by atoms with van der Waals surface area (Å²) >= 11 is 0. The smallest absolute Gasteiger partial charge is 0.229 e. The first kappa shape index (κ1) is 15.4. The van der Waals surface area contributed by atoms with Gasteiger partial charge in [0.2, 0.25) is 10.0 Å². The number of hydrogen-bond donors (Lipinski definition) is 2. The topological polar surface area (TPSA) is 58.2 Å². The molecule has 0 aromatic heterocycles. The molecule has 21 heavy (non-hydrogen) atoms. The summed E-state index contributed by atoms with van der Waals surface area (Å²) in [5, 5.41) is 3.26. The minimum absolute atomic E-state index is 0.560. The van der Waals surface area contributed by atoms with Gasteiger partial charge in [-0.25, -0.2) is 8.42 Å². The Labute approximate surface area is 126 Å². The first-order chi connectivity index (χ1) is 9.98. The number of nitrogens with one attached hydrogen (secondary N) is 2. The molecule has 0 saturated carbocycles.